The van der Waals surface area contributed by atoms with Crippen molar-refractivity contribution in [2.75, 3.05) is 7.11 Å². The van der Waals surface area contributed by atoms with Gasteiger partial charge < -0.3 is 4.74 Å². The molecule has 0 N–H and O–H groups in total. The quantitative estimate of drug-likeness (QED) is 0.688. The Morgan fingerprint density at radius 1 is 1.15 bits per heavy atom. The summed E-state index contributed by atoms with van der Waals surface area (Å²) in [6, 6.07) is 9.32. The van der Waals surface area contributed by atoms with Crippen LogP contribution in [0.2, 0.25) is 0 Å². The molecule has 3 heteroatoms. The van der Waals surface area contributed by atoms with Crippen molar-refractivity contribution in [1.29, 1.82) is 0 Å². The van der Waals surface area contributed by atoms with Crippen LogP contribution >= 0.6 is 0 Å². The SMILES string of the molecule is COC(=O)c1ccc(CC2C(C3CCCCC3)N(C(C)C)C2(C)C)cc1. The molecule has 2 fully saturated rings. The zero-order chi connectivity index (χ0) is 18.9. The number of hydrogen-bond donors (Lipinski definition) is 0. The van der Waals surface area contributed by atoms with Gasteiger partial charge in [-0.1, -0.05) is 31.4 Å². The van der Waals surface area contributed by atoms with E-state index in [1.807, 2.05) is 12.1 Å². The van der Waals surface area contributed by atoms with Gasteiger partial charge in [-0.2, -0.15) is 0 Å². The van der Waals surface area contributed by atoms with Gasteiger partial charge in [0.2, 0.25) is 0 Å². The smallest absolute Gasteiger partial charge is 0.337 e. The van der Waals surface area contributed by atoms with E-state index in [2.05, 4.69) is 44.7 Å². The number of nitrogens with zero attached hydrogens (tertiary/aromatic N) is 1. The minimum absolute atomic E-state index is 0.233. The lowest BCUT2D eigenvalue weighted by Crippen LogP contribution is -2.74. The third-order valence-electron chi connectivity index (χ3n) is 6.83. The number of esters is 1. The Balaban J connectivity index is 1.78. The van der Waals surface area contributed by atoms with Gasteiger partial charge in [-0.3, -0.25) is 4.90 Å². The molecule has 0 spiro atoms. The van der Waals surface area contributed by atoms with Gasteiger partial charge in [-0.25, -0.2) is 4.79 Å². The predicted octanol–water partition coefficient (Wildman–Crippen LogP) is 5.08. The Labute approximate surface area is 159 Å². The van der Waals surface area contributed by atoms with Crippen molar-refractivity contribution in [2.45, 2.75) is 83.8 Å². The summed E-state index contributed by atoms with van der Waals surface area (Å²) in [4.78, 5) is 14.4. The molecule has 2 aliphatic rings. The van der Waals surface area contributed by atoms with E-state index in [1.54, 1.807) is 0 Å². The highest BCUT2D eigenvalue weighted by atomic mass is 16.5. The molecule has 1 aliphatic heterocycles. The molecule has 1 saturated heterocycles. The monoisotopic (exact) mass is 357 g/mol. The summed E-state index contributed by atoms with van der Waals surface area (Å²) in [7, 11) is 1.43. The summed E-state index contributed by atoms with van der Waals surface area (Å²) in [6.07, 6.45) is 8.08. The first-order valence-corrected chi connectivity index (χ1v) is 10.3. The molecule has 0 radical (unpaired) electrons. The molecule has 3 nitrogen and oxygen atoms in total. The van der Waals surface area contributed by atoms with E-state index in [4.69, 9.17) is 4.74 Å². The molecular formula is C23H35NO2. The van der Waals surface area contributed by atoms with Crippen molar-refractivity contribution in [3.05, 3.63) is 35.4 Å². The molecule has 0 amide bonds. The van der Waals surface area contributed by atoms with Crippen molar-refractivity contribution in [2.24, 2.45) is 11.8 Å². The Hall–Kier alpha value is -1.35. The van der Waals surface area contributed by atoms with Crippen LogP contribution < -0.4 is 0 Å². The lowest BCUT2D eigenvalue weighted by Gasteiger charge is -2.66. The molecule has 2 atom stereocenters. The van der Waals surface area contributed by atoms with Gasteiger partial charge in [-0.15, -0.1) is 0 Å². The maximum absolute atomic E-state index is 11.7. The zero-order valence-corrected chi connectivity index (χ0v) is 17.1. The average Bonchev–Trinajstić information content (AvgIpc) is 2.64. The summed E-state index contributed by atoms with van der Waals surface area (Å²) >= 11 is 0. The van der Waals surface area contributed by atoms with Gasteiger partial charge in [0.1, 0.15) is 0 Å². The molecule has 1 aromatic carbocycles. The summed E-state index contributed by atoms with van der Waals surface area (Å²) in [5, 5.41) is 0. The molecule has 1 heterocycles. The Morgan fingerprint density at radius 2 is 1.77 bits per heavy atom. The van der Waals surface area contributed by atoms with Crippen LogP contribution in [0, 0.1) is 11.8 Å². The highest BCUT2D eigenvalue weighted by molar-refractivity contribution is 5.89. The standard InChI is InChI=1S/C23H35NO2/c1-16(2)24-21(18-9-7-6-8-10-18)20(23(24,3)4)15-17-11-13-19(14-12-17)22(25)26-5/h11-14,16,18,20-21H,6-10,15H2,1-5H3. The summed E-state index contributed by atoms with van der Waals surface area (Å²) in [6.45, 7) is 9.53. The van der Waals surface area contributed by atoms with Gasteiger partial charge >= 0.3 is 5.97 Å². The van der Waals surface area contributed by atoms with Crippen LogP contribution in [-0.2, 0) is 11.2 Å². The minimum Gasteiger partial charge on any atom is -0.465 e. The molecule has 1 saturated carbocycles. The summed E-state index contributed by atoms with van der Waals surface area (Å²) < 4.78 is 4.81. The Bertz CT molecular complexity index is 614. The van der Waals surface area contributed by atoms with E-state index in [-0.39, 0.29) is 11.5 Å². The number of likely N-dealkylation sites (tertiary alicyclic amines) is 1. The van der Waals surface area contributed by atoms with E-state index in [0.29, 0.717) is 23.6 Å². The van der Waals surface area contributed by atoms with Gasteiger partial charge in [0.25, 0.3) is 0 Å². The highest BCUT2D eigenvalue weighted by Gasteiger charge is 2.56. The van der Waals surface area contributed by atoms with E-state index in [1.165, 1.54) is 44.8 Å². The maximum atomic E-state index is 11.7. The van der Waals surface area contributed by atoms with Crippen LogP contribution in [0.25, 0.3) is 0 Å². The Kier molecular flexibility index (Phi) is 5.76. The van der Waals surface area contributed by atoms with E-state index in [0.717, 1.165) is 12.3 Å². The fourth-order valence-corrected chi connectivity index (χ4v) is 5.67. The lowest BCUT2D eigenvalue weighted by molar-refractivity contribution is -0.164. The van der Waals surface area contributed by atoms with E-state index in [9.17, 15) is 4.79 Å². The second kappa shape index (κ2) is 7.72. The van der Waals surface area contributed by atoms with Gasteiger partial charge in [0.15, 0.2) is 0 Å². The minimum atomic E-state index is -0.258. The maximum Gasteiger partial charge on any atom is 0.337 e. The third-order valence-corrected chi connectivity index (χ3v) is 6.83. The molecule has 3 rings (SSSR count). The molecule has 2 unspecified atom stereocenters. The average molecular weight is 358 g/mol. The molecule has 1 aliphatic carbocycles. The van der Waals surface area contributed by atoms with Crippen LogP contribution in [0.15, 0.2) is 24.3 Å². The van der Waals surface area contributed by atoms with Crippen LogP contribution in [0.5, 0.6) is 0 Å². The number of benzene rings is 1. The van der Waals surface area contributed by atoms with E-state index < -0.39 is 0 Å². The van der Waals surface area contributed by atoms with Gasteiger partial charge in [-0.05, 0) is 76.5 Å². The first-order chi connectivity index (χ1) is 12.4. The number of methoxy groups -OCH3 is 1. The third kappa shape index (κ3) is 3.55. The largest absolute Gasteiger partial charge is 0.465 e. The topological polar surface area (TPSA) is 29.5 Å². The fourth-order valence-electron chi connectivity index (χ4n) is 5.67. The predicted molar refractivity (Wildman–Crippen MR) is 106 cm³/mol. The van der Waals surface area contributed by atoms with Crippen LogP contribution in [0.3, 0.4) is 0 Å². The lowest BCUT2D eigenvalue weighted by atomic mass is 9.60. The first kappa shape index (κ1) is 19.4. The number of hydrogen-bond acceptors (Lipinski definition) is 3. The molecule has 144 valence electrons. The van der Waals surface area contributed by atoms with Crippen molar-refractivity contribution in [3.63, 3.8) is 0 Å². The molecule has 0 aromatic heterocycles. The highest BCUT2D eigenvalue weighted by Crippen LogP contribution is 2.51. The number of carbonyl (C=O) groups is 1. The molecule has 26 heavy (non-hydrogen) atoms. The summed E-state index contributed by atoms with van der Waals surface area (Å²) in [5.41, 5.74) is 2.20. The first-order valence-electron chi connectivity index (χ1n) is 10.3. The van der Waals surface area contributed by atoms with Crippen molar-refractivity contribution >= 4 is 5.97 Å². The van der Waals surface area contributed by atoms with Crippen molar-refractivity contribution in [1.82, 2.24) is 4.90 Å². The van der Waals surface area contributed by atoms with Gasteiger partial charge in [0.05, 0.1) is 12.7 Å². The zero-order valence-electron chi connectivity index (χ0n) is 17.1. The number of carbonyl (C=O) groups excluding carboxylic acids is 1. The molecule has 1 aromatic rings. The van der Waals surface area contributed by atoms with E-state index >= 15 is 0 Å². The Morgan fingerprint density at radius 3 is 2.31 bits per heavy atom. The number of ether oxygens (including phenoxy) is 1. The molecular weight excluding hydrogens is 322 g/mol. The summed E-state index contributed by atoms with van der Waals surface area (Å²) in [5.74, 6) is 1.27. The van der Waals surface area contributed by atoms with Crippen molar-refractivity contribution in [3.8, 4) is 0 Å². The van der Waals surface area contributed by atoms with Crippen LogP contribution in [0.1, 0.15) is 75.7 Å². The second-order valence-electron chi connectivity index (χ2n) is 9.04. The van der Waals surface area contributed by atoms with Crippen molar-refractivity contribution < 1.29 is 9.53 Å². The normalized spacial score (nSPS) is 26.5. The number of rotatable bonds is 5. The fraction of sp³-hybridized carbons (Fsp3) is 0.696. The van der Waals surface area contributed by atoms with Gasteiger partial charge in [0, 0.05) is 17.6 Å². The van der Waals surface area contributed by atoms with Crippen LogP contribution in [-0.4, -0.2) is 35.6 Å². The van der Waals surface area contributed by atoms with Crippen LogP contribution in [0.4, 0.5) is 0 Å². The second-order valence-corrected chi connectivity index (χ2v) is 9.04. The molecule has 0 bridgehead atoms.